The van der Waals surface area contributed by atoms with Gasteiger partial charge in [-0.1, -0.05) is 6.92 Å². The van der Waals surface area contributed by atoms with E-state index in [1.807, 2.05) is 6.92 Å². The lowest BCUT2D eigenvalue weighted by molar-refractivity contribution is -0.122. The van der Waals surface area contributed by atoms with Crippen molar-refractivity contribution in [3.05, 3.63) is 18.2 Å². The van der Waals surface area contributed by atoms with Gasteiger partial charge in [-0.25, -0.2) is 8.42 Å². The minimum atomic E-state index is -3.81. The average Bonchev–Trinajstić information content (AvgIpc) is 2.51. The SMILES string of the molecule is CCCNC(=O)[C@@H](C)NS(=O)(=O)c1ccc2c(c1)OCCO2. The second-order valence-corrected chi connectivity index (χ2v) is 6.65. The van der Waals surface area contributed by atoms with Crippen molar-refractivity contribution in [2.45, 2.75) is 31.2 Å². The number of nitrogens with one attached hydrogen (secondary N) is 2. The van der Waals surface area contributed by atoms with Gasteiger partial charge < -0.3 is 14.8 Å². The van der Waals surface area contributed by atoms with E-state index in [1.54, 1.807) is 6.07 Å². The van der Waals surface area contributed by atoms with Gasteiger partial charge in [0.05, 0.1) is 10.9 Å². The van der Waals surface area contributed by atoms with Gasteiger partial charge in [-0.3, -0.25) is 4.79 Å². The van der Waals surface area contributed by atoms with Crippen molar-refractivity contribution in [2.24, 2.45) is 0 Å². The van der Waals surface area contributed by atoms with Crippen LogP contribution in [-0.4, -0.2) is 40.1 Å². The van der Waals surface area contributed by atoms with Gasteiger partial charge >= 0.3 is 0 Å². The summed E-state index contributed by atoms with van der Waals surface area (Å²) in [4.78, 5) is 11.8. The van der Waals surface area contributed by atoms with Crippen molar-refractivity contribution in [2.75, 3.05) is 19.8 Å². The first-order valence-electron chi connectivity index (χ1n) is 7.13. The largest absolute Gasteiger partial charge is 0.486 e. The fourth-order valence-electron chi connectivity index (χ4n) is 1.95. The lowest BCUT2D eigenvalue weighted by Gasteiger charge is -2.19. The van der Waals surface area contributed by atoms with Crippen LogP contribution in [0.2, 0.25) is 0 Å². The number of carbonyl (C=O) groups is 1. The molecule has 1 aliphatic heterocycles. The van der Waals surface area contributed by atoms with E-state index in [0.717, 1.165) is 6.42 Å². The predicted octanol–water partition coefficient (Wildman–Crippen LogP) is 0.651. The first-order valence-corrected chi connectivity index (χ1v) is 8.62. The Morgan fingerprint density at radius 2 is 1.95 bits per heavy atom. The molecule has 7 nitrogen and oxygen atoms in total. The summed E-state index contributed by atoms with van der Waals surface area (Å²) in [6.45, 7) is 4.74. The lowest BCUT2D eigenvalue weighted by Crippen LogP contribution is -2.44. The average molecular weight is 328 g/mol. The molecule has 2 N–H and O–H groups in total. The van der Waals surface area contributed by atoms with Crippen molar-refractivity contribution in [3.63, 3.8) is 0 Å². The Morgan fingerprint density at radius 1 is 1.27 bits per heavy atom. The third-order valence-corrected chi connectivity index (χ3v) is 4.64. The Bertz CT molecular complexity index is 645. The summed E-state index contributed by atoms with van der Waals surface area (Å²) in [5.74, 6) is 0.541. The van der Waals surface area contributed by atoms with Gasteiger partial charge in [-0.05, 0) is 25.5 Å². The maximum absolute atomic E-state index is 12.3. The zero-order valence-corrected chi connectivity index (χ0v) is 13.4. The van der Waals surface area contributed by atoms with Gasteiger partial charge in [-0.2, -0.15) is 4.72 Å². The molecule has 22 heavy (non-hydrogen) atoms. The summed E-state index contributed by atoms with van der Waals surface area (Å²) in [6.07, 6.45) is 0.785. The molecule has 1 aliphatic rings. The highest BCUT2D eigenvalue weighted by molar-refractivity contribution is 7.89. The Kier molecular flexibility index (Phi) is 5.25. The van der Waals surface area contributed by atoms with Crippen LogP contribution in [0.25, 0.3) is 0 Å². The smallest absolute Gasteiger partial charge is 0.241 e. The standard InChI is InChI=1S/C14H20N2O5S/c1-3-6-15-14(17)10(2)16-22(18,19)11-4-5-12-13(9-11)21-8-7-20-12/h4-5,9-10,16H,3,6-8H2,1-2H3,(H,15,17)/t10-/m1/s1. The molecule has 1 aromatic carbocycles. The monoisotopic (exact) mass is 328 g/mol. The predicted molar refractivity (Wildman–Crippen MR) is 80.5 cm³/mol. The maximum atomic E-state index is 12.3. The molecule has 0 fully saturated rings. The number of fused-ring (bicyclic) bond motifs is 1. The number of benzene rings is 1. The number of ether oxygens (including phenoxy) is 2. The van der Waals surface area contributed by atoms with Gasteiger partial charge in [0.2, 0.25) is 15.9 Å². The Hall–Kier alpha value is -1.80. The molecule has 1 heterocycles. The van der Waals surface area contributed by atoms with Crippen LogP contribution in [0.15, 0.2) is 23.1 Å². The molecule has 1 aromatic rings. The van der Waals surface area contributed by atoms with Gasteiger partial charge in [0.25, 0.3) is 0 Å². The Labute approximate surface area is 130 Å². The number of carbonyl (C=O) groups excluding carboxylic acids is 1. The molecule has 0 aliphatic carbocycles. The molecular formula is C14H20N2O5S. The molecule has 0 aromatic heterocycles. The highest BCUT2D eigenvalue weighted by atomic mass is 32.2. The summed E-state index contributed by atoms with van der Waals surface area (Å²) in [5, 5.41) is 2.65. The van der Waals surface area contributed by atoms with Crippen LogP contribution in [0.5, 0.6) is 11.5 Å². The van der Waals surface area contributed by atoms with E-state index >= 15 is 0 Å². The van der Waals surface area contributed by atoms with Crippen molar-refractivity contribution in [1.82, 2.24) is 10.0 Å². The fraction of sp³-hybridized carbons (Fsp3) is 0.500. The van der Waals surface area contributed by atoms with Crippen LogP contribution >= 0.6 is 0 Å². The zero-order chi connectivity index (χ0) is 16.2. The van der Waals surface area contributed by atoms with Crippen LogP contribution < -0.4 is 19.5 Å². The highest BCUT2D eigenvalue weighted by Crippen LogP contribution is 2.32. The number of sulfonamides is 1. The molecule has 0 radical (unpaired) electrons. The molecule has 0 bridgehead atoms. The molecule has 0 saturated heterocycles. The number of amides is 1. The van der Waals surface area contributed by atoms with Gasteiger partial charge in [0.15, 0.2) is 11.5 Å². The number of rotatable bonds is 6. The second kappa shape index (κ2) is 6.97. The van der Waals surface area contributed by atoms with Crippen molar-refractivity contribution >= 4 is 15.9 Å². The molecule has 2 rings (SSSR count). The van der Waals surface area contributed by atoms with E-state index in [2.05, 4.69) is 10.0 Å². The summed E-state index contributed by atoms with van der Waals surface area (Å²) in [6, 6.07) is 3.51. The van der Waals surface area contributed by atoms with E-state index < -0.39 is 16.1 Å². The van der Waals surface area contributed by atoms with Crippen LogP contribution in [-0.2, 0) is 14.8 Å². The molecule has 1 amide bonds. The second-order valence-electron chi connectivity index (χ2n) is 4.94. The van der Waals surface area contributed by atoms with Gasteiger partial charge in [0, 0.05) is 12.6 Å². The number of hydrogen-bond acceptors (Lipinski definition) is 5. The maximum Gasteiger partial charge on any atom is 0.241 e. The quantitative estimate of drug-likeness (QED) is 0.800. The molecule has 0 saturated carbocycles. The Morgan fingerprint density at radius 3 is 2.64 bits per heavy atom. The van der Waals surface area contributed by atoms with Gasteiger partial charge in [-0.15, -0.1) is 0 Å². The topological polar surface area (TPSA) is 93.7 Å². The van der Waals surface area contributed by atoms with Crippen LogP contribution in [0, 0.1) is 0 Å². The van der Waals surface area contributed by atoms with Crippen molar-refractivity contribution < 1.29 is 22.7 Å². The van der Waals surface area contributed by atoms with E-state index in [4.69, 9.17) is 9.47 Å². The minimum Gasteiger partial charge on any atom is -0.486 e. The molecule has 122 valence electrons. The fourth-order valence-corrected chi connectivity index (χ4v) is 3.16. The van der Waals surface area contributed by atoms with Crippen LogP contribution in [0.1, 0.15) is 20.3 Å². The van der Waals surface area contributed by atoms with Crippen molar-refractivity contribution in [1.29, 1.82) is 0 Å². The summed E-state index contributed by atoms with van der Waals surface area (Å²) < 4.78 is 37.7. The van der Waals surface area contributed by atoms with E-state index in [-0.39, 0.29) is 10.8 Å². The third kappa shape index (κ3) is 3.89. The summed E-state index contributed by atoms with van der Waals surface area (Å²) in [5.41, 5.74) is 0. The molecule has 1 atom stereocenters. The molecule has 8 heteroatoms. The van der Waals surface area contributed by atoms with Gasteiger partial charge in [0.1, 0.15) is 13.2 Å². The molecule has 0 unspecified atom stereocenters. The lowest BCUT2D eigenvalue weighted by atomic mass is 10.3. The van der Waals surface area contributed by atoms with E-state index in [9.17, 15) is 13.2 Å². The molecule has 0 spiro atoms. The first kappa shape index (κ1) is 16.6. The third-order valence-electron chi connectivity index (χ3n) is 3.10. The first-order chi connectivity index (χ1) is 10.4. The summed E-state index contributed by atoms with van der Waals surface area (Å²) in [7, 11) is -3.81. The van der Waals surface area contributed by atoms with E-state index in [1.165, 1.54) is 19.1 Å². The Balaban J connectivity index is 2.11. The highest BCUT2D eigenvalue weighted by Gasteiger charge is 2.23. The molecular weight excluding hydrogens is 308 g/mol. The summed E-state index contributed by atoms with van der Waals surface area (Å²) >= 11 is 0. The number of hydrogen-bond donors (Lipinski definition) is 2. The minimum absolute atomic E-state index is 0.0342. The van der Waals surface area contributed by atoms with Crippen LogP contribution in [0.3, 0.4) is 0 Å². The van der Waals surface area contributed by atoms with Crippen LogP contribution in [0.4, 0.5) is 0 Å². The van der Waals surface area contributed by atoms with Crippen molar-refractivity contribution in [3.8, 4) is 11.5 Å². The zero-order valence-electron chi connectivity index (χ0n) is 12.6. The van der Waals surface area contributed by atoms with E-state index in [0.29, 0.717) is 31.3 Å². The normalized spacial score (nSPS) is 15.2.